The standard InChI is InChI=1S/C19H16BrNOS2/c1-23-16-8-4-13(5-9-16)17-12-18(20)24-19(17)14-2-6-15(7-3-14)21-10-11-22/h2-9,11-12,21H,10H2,1H3. The third kappa shape index (κ3) is 3.91. The summed E-state index contributed by atoms with van der Waals surface area (Å²) in [7, 11) is 0. The van der Waals surface area contributed by atoms with Crippen molar-refractivity contribution in [2.24, 2.45) is 0 Å². The van der Waals surface area contributed by atoms with Crippen molar-refractivity contribution in [2.75, 3.05) is 18.1 Å². The number of carbonyl (C=O) groups is 1. The SMILES string of the molecule is CSc1ccc(-c2cc(Br)sc2-c2ccc(NCC=O)cc2)cc1. The van der Waals surface area contributed by atoms with Gasteiger partial charge in [-0.25, -0.2) is 0 Å². The van der Waals surface area contributed by atoms with Crippen molar-refractivity contribution in [3.63, 3.8) is 0 Å². The minimum Gasteiger partial charge on any atom is -0.378 e. The Morgan fingerprint density at radius 1 is 1.08 bits per heavy atom. The molecule has 1 aromatic heterocycles. The summed E-state index contributed by atoms with van der Waals surface area (Å²) < 4.78 is 1.12. The van der Waals surface area contributed by atoms with Gasteiger partial charge in [0.1, 0.15) is 6.29 Å². The molecule has 0 atom stereocenters. The van der Waals surface area contributed by atoms with E-state index in [0.29, 0.717) is 6.54 Å². The Labute approximate surface area is 158 Å². The maximum Gasteiger partial charge on any atom is 0.139 e. The summed E-state index contributed by atoms with van der Waals surface area (Å²) in [5, 5.41) is 3.06. The van der Waals surface area contributed by atoms with E-state index in [1.54, 1.807) is 23.1 Å². The molecule has 3 rings (SSSR count). The van der Waals surface area contributed by atoms with Crippen LogP contribution in [0.5, 0.6) is 0 Å². The fourth-order valence-electron chi connectivity index (χ4n) is 2.46. The Morgan fingerprint density at radius 3 is 2.38 bits per heavy atom. The van der Waals surface area contributed by atoms with E-state index in [4.69, 9.17) is 0 Å². The molecule has 0 saturated heterocycles. The first-order valence-electron chi connectivity index (χ1n) is 7.43. The second-order valence-corrected chi connectivity index (χ2v) is 8.46. The largest absolute Gasteiger partial charge is 0.378 e. The number of hydrogen-bond donors (Lipinski definition) is 1. The topological polar surface area (TPSA) is 29.1 Å². The summed E-state index contributed by atoms with van der Waals surface area (Å²) >= 11 is 7.10. The van der Waals surface area contributed by atoms with E-state index in [2.05, 4.69) is 70.0 Å². The third-order valence-corrected chi connectivity index (χ3v) is 6.07. The zero-order valence-electron chi connectivity index (χ0n) is 13.1. The molecular formula is C19H16BrNOS2. The van der Waals surface area contributed by atoms with Gasteiger partial charge in [-0.2, -0.15) is 0 Å². The van der Waals surface area contributed by atoms with Crippen LogP contribution in [0.3, 0.4) is 0 Å². The molecule has 0 saturated carbocycles. The average Bonchev–Trinajstić information content (AvgIpc) is 3.02. The van der Waals surface area contributed by atoms with E-state index >= 15 is 0 Å². The highest BCUT2D eigenvalue weighted by atomic mass is 79.9. The molecule has 0 radical (unpaired) electrons. The summed E-state index contributed by atoms with van der Waals surface area (Å²) in [4.78, 5) is 12.9. The van der Waals surface area contributed by atoms with Gasteiger partial charge in [-0.05, 0) is 63.6 Å². The molecule has 0 aliphatic carbocycles. The highest BCUT2D eigenvalue weighted by molar-refractivity contribution is 9.11. The number of carbonyl (C=O) groups excluding carboxylic acids is 1. The van der Waals surface area contributed by atoms with E-state index in [-0.39, 0.29) is 0 Å². The number of aldehydes is 1. The van der Waals surface area contributed by atoms with Crippen molar-refractivity contribution in [2.45, 2.75) is 4.90 Å². The van der Waals surface area contributed by atoms with Crippen molar-refractivity contribution in [3.8, 4) is 21.6 Å². The Hall–Kier alpha value is -1.56. The molecule has 0 bridgehead atoms. The monoisotopic (exact) mass is 417 g/mol. The number of hydrogen-bond acceptors (Lipinski definition) is 4. The van der Waals surface area contributed by atoms with Crippen molar-refractivity contribution >= 4 is 51.0 Å². The first kappa shape index (κ1) is 17.3. The molecule has 0 unspecified atom stereocenters. The van der Waals surface area contributed by atoms with Crippen LogP contribution < -0.4 is 5.32 Å². The molecule has 1 heterocycles. The fraction of sp³-hybridized carbons (Fsp3) is 0.105. The molecule has 0 aliphatic heterocycles. The number of thiophene rings is 1. The number of halogens is 1. The predicted molar refractivity (Wildman–Crippen MR) is 109 cm³/mol. The lowest BCUT2D eigenvalue weighted by atomic mass is 10.0. The molecule has 0 fully saturated rings. The molecule has 24 heavy (non-hydrogen) atoms. The van der Waals surface area contributed by atoms with Gasteiger partial charge in [0.25, 0.3) is 0 Å². The number of benzene rings is 2. The van der Waals surface area contributed by atoms with Crippen LogP contribution in [-0.2, 0) is 4.79 Å². The highest BCUT2D eigenvalue weighted by Crippen LogP contribution is 2.42. The second kappa shape index (κ2) is 8.01. The van der Waals surface area contributed by atoms with E-state index in [1.165, 1.54) is 26.5 Å². The molecule has 2 aromatic carbocycles. The number of nitrogens with one attached hydrogen (secondary N) is 1. The van der Waals surface area contributed by atoms with Crippen LogP contribution in [0.15, 0.2) is 63.3 Å². The summed E-state index contributed by atoms with van der Waals surface area (Å²) in [5.74, 6) is 0. The predicted octanol–water partition coefficient (Wildman–Crippen LogP) is 6.18. The third-order valence-electron chi connectivity index (χ3n) is 3.64. The van der Waals surface area contributed by atoms with Crippen LogP contribution in [0.1, 0.15) is 0 Å². The number of anilines is 1. The Bertz CT molecular complexity index is 826. The smallest absolute Gasteiger partial charge is 0.139 e. The van der Waals surface area contributed by atoms with Gasteiger partial charge in [0.05, 0.1) is 10.3 Å². The summed E-state index contributed by atoms with van der Waals surface area (Å²) in [6, 6.07) is 19.0. The summed E-state index contributed by atoms with van der Waals surface area (Å²) in [6.07, 6.45) is 2.95. The number of rotatable bonds is 6. The van der Waals surface area contributed by atoms with Gasteiger partial charge in [-0.1, -0.05) is 24.3 Å². The van der Waals surface area contributed by atoms with Gasteiger partial charge >= 0.3 is 0 Å². The highest BCUT2D eigenvalue weighted by Gasteiger charge is 2.12. The average molecular weight is 418 g/mol. The number of thioether (sulfide) groups is 1. The van der Waals surface area contributed by atoms with Crippen LogP contribution in [-0.4, -0.2) is 19.1 Å². The minimum absolute atomic E-state index is 0.330. The van der Waals surface area contributed by atoms with Gasteiger partial charge in [0, 0.05) is 21.0 Å². The zero-order chi connectivity index (χ0) is 16.9. The van der Waals surface area contributed by atoms with E-state index in [9.17, 15) is 4.79 Å². The minimum atomic E-state index is 0.330. The molecule has 0 amide bonds. The Morgan fingerprint density at radius 2 is 1.75 bits per heavy atom. The molecule has 0 aliphatic rings. The van der Waals surface area contributed by atoms with Crippen LogP contribution in [0.4, 0.5) is 5.69 Å². The van der Waals surface area contributed by atoms with E-state index in [1.807, 2.05) is 12.1 Å². The molecular weight excluding hydrogens is 402 g/mol. The van der Waals surface area contributed by atoms with E-state index in [0.717, 1.165) is 15.8 Å². The van der Waals surface area contributed by atoms with Crippen LogP contribution in [0.2, 0.25) is 0 Å². The maximum atomic E-state index is 10.4. The van der Waals surface area contributed by atoms with Crippen molar-refractivity contribution in [1.82, 2.24) is 0 Å². The molecule has 3 aromatic rings. The molecule has 122 valence electrons. The van der Waals surface area contributed by atoms with Gasteiger partial charge in [0.15, 0.2) is 0 Å². The van der Waals surface area contributed by atoms with Crippen LogP contribution in [0, 0.1) is 0 Å². The molecule has 2 nitrogen and oxygen atoms in total. The van der Waals surface area contributed by atoms with Crippen molar-refractivity contribution in [1.29, 1.82) is 0 Å². The van der Waals surface area contributed by atoms with Crippen molar-refractivity contribution in [3.05, 3.63) is 58.4 Å². The van der Waals surface area contributed by atoms with Crippen LogP contribution in [0.25, 0.3) is 21.6 Å². The Balaban J connectivity index is 1.94. The van der Waals surface area contributed by atoms with Gasteiger partial charge in [0.2, 0.25) is 0 Å². The molecule has 0 spiro atoms. The molecule has 1 N–H and O–H groups in total. The van der Waals surface area contributed by atoms with Gasteiger partial charge in [-0.15, -0.1) is 23.1 Å². The fourth-order valence-corrected chi connectivity index (χ4v) is 4.49. The maximum absolute atomic E-state index is 10.4. The lowest BCUT2D eigenvalue weighted by molar-refractivity contribution is -0.106. The zero-order valence-corrected chi connectivity index (χ0v) is 16.3. The first-order chi connectivity index (χ1) is 11.7. The summed E-state index contributed by atoms with van der Waals surface area (Å²) in [6.45, 7) is 0.330. The Kier molecular flexibility index (Phi) is 5.76. The van der Waals surface area contributed by atoms with Gasteiger partial charge in [-0.3, -0.25) is 0 Å². The first-order valence-corrected chi connectivity index (χ1v) is 10.3. The lowest BCUT2D eigenvalue weighted by Crippen LogP contribution is -2.01. The normalized spacial score (nSPS) is 10.6. The van der Waals surface area contributed by atoms with Crippen LogP contribution >= 0.6 is 39.0 Å². The lowest BCUT2D eigenvalue weighted by Gasteiger charge is -2.07. The van der Waals surface area contributed by atoms with Gasteiger partial charge < -0.3 is 10.1 Å². The quantitative estimate of drug-likeness (QED) is 0.383. The summed E-state index contributed by atoms with van der Waals surface area (Å²) in [5.41, 5.74) is 4.57. The van der Waals surface area contributed by atoms with E-state index < -0.39 is 0 Å². The second-order valence-electron chi connectivity index (χ2n) is 5.15. The van der Waals surface area contributed by atoms with Crippen molar-refractivity contribution < 1.29 is 4.79 Å². The molecule has 5 heteroatoms.